The zero-order chi connectivity index (χ0) is 23.7. The molecule has 1 N–H and O–H groups in total. The average Bonchev–Trinajstić information content (AvgIpc) is 3.29. The van der Waals surface area contributed by atoms with Crippen molar-refractivity contribution in [3.05, 3.63) is 94.5 Å². The van der Waals surface area contributed by atoms with Crippen molar-refractivity contribution < 1.29 is 22.4 Å². The summed E-state index contributed by atoms with van der Waals surface area (Å²) in [6.45, 7) is 0.495. The van der Waals surface area contributed by atoms with Gasteiger partial charge in [0, 0.05) is 17.8 Å². The molecule has 0 spiro atoms. The first-order chi connectivity index (χ1) is 16.4. The molecular formula is C24H19N3O6S. The molecule has 0 unspecified atom stereocenters. The fourth-order valence-corrected chi connectivity index (χ4v) is 4.89. The molecule has 34 heavy (non-hydrogen) atoms. The molecule has 0 bridgehead atoms. The van der Waals surface area contributed by atoms with E-state index >= 15 is 0 Å². The SMILES string of the molecule is O=C(OCCCn1c(=O)oc2ccccc21)c1ccc(NC2=NS(=O)(=O)c3ccccc32)cc1. The zero-order valence-corrected chi connectivity index (χ0v) is 18.6. The van der Waals surface area contributed by atoms with E-state index in [1.807, 2.05) is 6.07 Å². The minimum atomic E-state index is -3.72. The molecule has 0 aliphatic carbocycles. The lowest BCUT2D eigenvalue weighted by molar-refractivity contribution is 0.0496. The molecule has 0 atom stereocenters. The summed E-state index contributed by atoms with van der Waals surface area (Å²) >= 11 is 0. The summed E-state index contributed by atoms with van der Waals surface area (Å²) < 4.78 is 40.1. The van der Waals surface area contributed by atoms with Gasteiger partial charge in [-0.25, -0.2) is 9.59 Å². The average molecular weight is 477 g/mol. The van der Waals surface area contributed by atoms with Crippen LogP contribution in [0.2, 0.25) is 0 Å². The number of sulfonamides is 1. The number of carbonyl (C=O) groups excluding carboxylic acids is 1. The van der Waals surface area contributed by atoms with Gasteiger partial charge in [-0.2, -0.15) is 8.42 Å². The Morgan fingerprint density at radius 3 is 2.56 bits per heavy atom. The van der Waals surface area contributed by atoms with E-state index in [0.29, 0.717) is 40.9 Å². The molecule has 10 heteroatoms. The van der Waals surface area contributed by atoms with Crippen LogP contribution in [0.1, 0.15) is 22.3 Å². The molecule has 2 heterocycles. The third-order valence-corrected chi connectivity index (χ3v) is 6.68. The maximum atomic E-state index is 12.4. The number of benzene rings is 3. The molecule has 172 valence electrons. The van der Waals surface area contributed by atoms with Gasteiger partial charge in [0.25, 0.3) is 10.0 Å². The van der Waals surface area contributed by atoms with Crippen LogP contribution >= 0.6 is 0 Å². The van der Waals surface area contributed by atoms with Crippen molar-refractivity contribution in [2.75, 3.05) is 11.9 Å². The van der Waals surface area contributed by atoms with Crippen molar-refractivity contribution in [3.8, 4) is 0 Å². The van der Waals surface area contributed by atoms with Gasteiger partial charge in [0.15, 0.2) is 11.4 Å². The van der Waals surface area contributed by atoms with E-state index in [1.165, 1.54) is 10.6 Å². The smallest absolute Gasteiger partial charge is 0.419 e. The van der Waals surface area contributed by atoms with E-state index in [9.17, 15) is 18.0 Å². The lowest BCUT2D eigenvalue weighted by Gasteiger charge is -2.08. The topological polar surface area (TPSA) is 120 Å². The summed E-state index contributed by atoms with van der Waals surface area (Å²) in [5, 5.41) is 2.98. The number of amidine groups is 1. The van der Waals surface area contributed by atoms with Crippen molar-refractivity contribution in [1.82, 2.24) is 4.57 Å². The van der Waals surface area contributed by atoms with Crippen LogP contribution in [-0.4, -0.2) is 31.4 Å². The van der Waals surface area contributed by atoms with Crippen LogP contribution in [-0.2, 0) is 21.3 Å². The van der Waals surface area contributed by atoms with Gasteiger partial charge in [0.1, 0.15) is 4.90 Å². The van der Waals surface area contributed by atoms with Gasteiger partial charge < -0.3 is 14.5 Å². The number of anilines is 1. The van der Waals surface area contributed by atoms with Crippen molar-refractivity contribution in [2.45, 2.75) is 17.9 Å². The molecule has 5 rings (SSSR count). The predicted molar refractivity (Wildman–Crippen MR) is 126 cm³/mol. The standard InChI is InChI=1S/C24H19N3O6S/c28-23(32-15-5-14-27-19-7-2-3-8-20(19)33-24(27)29)16-10-12-17(13-11-16)25-22-18-6-1-4-9-21(18)34(30,31)26-22/h1-4,6-13H,5,14-15H2,(H,25,26). The number of aryl methyl sites for hydroxylation is 1. The van der Waals surface area contributed by atoms with Crippen molar-refractivity contribution in [2.24, 2.45) is 4.40 Å². The van der Waals surface area contributed by atoms with E-state index in [-0.39, 0.29) is 17.3 Å². The second kappa shape index (κ2) is 8.64. The number of oxazole rings is 1. The second-order valence-electron chi connectivity index (χ2n) is 7.59. The van der Waals surface area contributed by atoms with E-state index < -0.39 is 21.7 Å². The van der Waals surface area contributed by atoms with Gasteiger partial charge >= 0.3 is 11.7 Å². The Morgan fingerprint density at radius 1 is 1.00 bits per heavy atom. The maximum Gasteiger partial charge on any atom is 0.419 e. The number of hydrogen-bond donors (Lipinski definition) is 1. The molecule has 1 aromatic heterocycles. The van der Waals surface area contributed by atoms with Crippen LogP contribution in [0.25, 0.3) is 11.1 Å². The lowest BCUT2D eigenvalue weighted by Crippen LogP contribution is -2.16. The molecule has 0 amide bonds. The Morgan fingerprint density at radius 2 is 1.74 bits per heavy atom. The van der Waals surface area contributed by atoms with Crippen LogP contribution < -0.4 is 11.1 Å². The Bertz CT molecular complexity index is 1580. The zero-order valence-electron chi connectivity index (χ0n) is 17.8. The number of carbonyl (C=O) groups is 1. The first-order valence-corrected chi connectivity index (χ1v) is 11.9. The number of hydrogen-bond acceptors (Lipinski definition) is 7. The molecular weight excluding hydrogens is 458 g/mol. The Kier molecular flexibility index (Phi) is 5.50. The first kappa shape index (κ1) is 21.7. The van der Waals surface area contributed by atoms with Crippen LogP contribution in [0.15, 0.2) is 91.3 Å². The fourth-order valence-electron chi connectivity index (χ4n) is 3.72. The number of ether oxygens (including phenoxy) is 1. The fraction of sp³-hybridized carbons (Fsp3) is 0.125. The number of nitrogens with zero attached hydrogens (tertiary/aromatic N) is 2. The second-order valence-corrected chi connectivity index (χ2v) is 9.16. The molecule has 9 nitrogen and oxygen atoms in total. The third kappa shape index (κ3) is 4.11. The van der Waals surface area contributed by atoms with Gasteiger partial charge in [-0.3, -0.25) is 4.57 Å². The third-order valence-electron chi connectivity index (χ3n) is 5.35. The molecule has 0 saturated heterocycles. The molecule has 0 radical (unpaired) electrons. The van der Waals surface area contributed by atoms with Gasteiger partial charge in [0.2, 0.25) is 0 Å². The summed E-state index contributed by atoms with van der Waals surface area (Å²) in [6, 6.07) is 20.1. The molecule has 1 aliphatic heterocycles. The molecule has 4 aromatic rings. The minimum absolute atomic E-state index is 0.135. The van der Waals surface area contributed by atoms with E-state index in [0.717, 1.165) is 0 Å². The van der Waals surface area contributed by atoms with Crippen molar-refractivity contribution in [1.29, 1.82) is 0 Å². The summed E-state index contributed by atoms with van der Waals surface area (Å²) in [5.41, 5.74) is 2.63. The van der Waals surface area contributed by atoms with Crippen LogP contribution in [0.5, 0.6) is 0 Å². The Hall–Kier alpha value is -4.18. The monoisotopic (exact) mass is 477 g/mol. The summed E-state index contributed by atoms with van der Waals surface area (Å²) in [5.74, 6) is -0.715. The Labute approximate surface area is 194 Å². The summed E-state index contributed by atoms with van der Waals surface area (Å²) in [4.78, 5) is 24.5. The number of esters is 1. The lowest BCUT2D eigenvalue weighted by atomic mass is 10.1. The van der Waals surface area contributed by atoms with Gasteiger partial charge in [-0.15, -0.1) is 4.40 Å². The van der Waals surface area contributed by atoms with Gasteiger partial charge in [-0.1, -0.05) is 24.3 Å². The summed E-state index contributed by atoms with van der Waals surface area (Å²) in [6.07, 6.45) is 0.447. The molecule has 3 aromatic carbocycles. The van der Waals surface area contributed by atoms with Crippen molar-refractivity contribution in [3.63, 3.8) is 0 Å². The van der Waals surface area contributed by atoms with Crippen molar-refractivity contribution >= 4 is 38.6 Å². The number of aromatic nitrogens is 1. The highest BCUT2D eigenvalue weighted by molar-refractivity contribution is 7.90. The number of para-hydroxylation sites is 2. The Balaban J connectivity index is 1.18. The number of rotatable bonds is 6. The van der Waals surface area contributed by atoms with E-state index in [4.69, 9.17) is 9.15 Å². The van der Waals surface area contributed by atoms with Gasteiger partial charge in [0.05, 0.1) is 17.7 Å². The highest BCUT2D eigenvalue weighted by atomic mass is 32.2. The largest absolute Gasteiger partial charge is 0.462 e. The molecule has 0 fully saturated rings. The number of nitrogens with one attached hydrogen (secondary N) is 1. The maximum absolute atomic E-state index is 12.4. The minimum Gasteiger partial charge on any atom is -0.462 e. The quantitative estimate of drug-likeness (QED) is 0.334. The van der Waals surface area contributed by atoms with Crippen LogP contribution in [0.3, 0.4) is 0 Å². The van der Waals surface area contributed by atoms with E-state index in [2.05, 4.69) is 9.71 Å². The number of fused-ring (bicyclic) bond motifs is 2. The van der Waals surface area contributed by atoms with Crippen LogP contribution in [0, 0.1) is 0 Å². The van der Waals surface area contributed by atoms with Gasteiger partial charge in [-0.05, 0) is 55.0 Å². The first-order valence-electron chi connectivity index (χ1n) is 10.5. The summed E-state index contributed by atoms with van der Waals surface area (Å²) in [7, 11) is -3.72. The molecule has 0 saturated carbocycles. The highest BCUT2D eigenvalue weighted by Gasteiger charge is 2.28. The molecule has 1 aliphatic rings. The highest BCUT2D eigenvalue weighted by Crippen LogP contribution is 2.26. The van der Waals surface area contributed by atoms with Crippen LogP contribution in [0.4, 0.5) is 5.69 Å². The normalized spacial score (nSPS) is 13.9. The van der Waals surface area contributed by atoms with E-state index in [1.54, 1.807) is 60.7 Å². The predicted octanol–water partition coefficient (Wildman–Crippen LogP) is 3.40.